The summed E-state index contributed by atoms with van der Waals surface area (Å²) in [5.74, 6) is 0.779. The molecule has 1 fully saturated rings. The number of nitrogens with zero attached hydrogens (tertiary/aromatic N) is 1. The van der Waals surface area contributed by atoms with Gasteiger partial charge in [-0.3, -0.25) is 4.90 Å². The van der Waals surface area contributed by atoms with Crippen molar-refractivity contribution in [3.63, 3.8) is 0 Å². The highest BCUT2D eigenvalue weighted by molar-refractivity contribution is 4.93. The number of nitrogens with two attached hydrogens (primary N) is 1. The molecular formula is C16H34N2O. The van der Waals surface area contributed by atoms with Crippen molar-refractivity contribution in [3.05, 3.63) is 0 Å². The zero-order valence-corrected chi connectivity index (χ0v) is 13.8. The summed E-state index contributed by atoms with van der Waals surface area (Å²) in [5.41, 5.74) is 6.80. The van der Waals surface area contributed by atoms with Gasteiger partial charge in [-0.2, -0.15) is 0 Å². The van der Waals surface area contributed by atoms with Crippen molar-refractivity contribution < 1.29 is 4.74 Å². The Morgan fingerprint density at radius 3 is 2.37 bits per heavy atom. The standard InChI is InChI=1S/C16H34N2O/c1-12(2)18(9-10-19-6)15-11-13(16(3,4)5)7-8-14(15)17/h12-15H,7-11,17H2,1-6H3. The maximum atomic E-state index is 6.41. The van der Waals surface area contributed by atoms with Crippen LogP contribution in [0.1, 0.15) is 53.9 Å². The average molecular weight is 270 g/mol. The first-order valence-electron chi connectivity index (χ1n) is 7.77. The minimum Gasteiger partial charge on any atom is -0.383 e. The van der Waals surface area contributed by atoms with Gasteiger partial charge in [-0.1, -0.05) is 20.8 Å². The van der Waals surface area contributed by atoms with Gasteiger partial charge in [0.25, 0.3) is 0 Å². The van der Waals surface area contributed by atoms with Crippen molar-refractivity contribution in [1.82, 2.24) is 4.90 Å². The van der Waals surface area contributed by atoms with Gasteiger partial charge in [0.1, 0.15) is 0 Å². The van der Waals surface area contributed by atoms with Crippen molar-refractivity contribution in [2.75, 3.05) is 20.3 Å². The number of hydrogen-bond acceptors (Lipinski definition) is 3. The molecule has 1 aliphatic carbocycles. The second kappa shape index (κ2) is 7.05. The molecule has 2 N–H and O–H groups in total. The molecule has 0 aromatic rings. The highest BCUT2D eigenvalue weighted by Gasteiger charge is 2.37. The van der Waals surface area contributed by atoms with E-state index in [1.807, 2.05) is 0 Å². The molecule has 0 aliphatic heterocycles. The van der Waals surface area contributed by atoms with Crippen LogP contribution in [0.25, 0.3) is 0 Å². The van der Waals surface area contributed by atoms with Crippen LogP contribution in [0.15, 0.2) is 0 Å². The molecule has 1 rings (SSSR count). The smallest absolute Gasteiger partial charge is 0.0589 e. The van der Waals surface area contributed by atoms with Crippen LogP contribution in [0.5, 0.6) is 0 Å². The van der Waals surface area contributed by atoms with E-state index in [2.05, 4.69) is 39.5 Å². The Labute approximate surface area is 119 Å². The van der Waals surface area contributed by atoms with Gasteiger partial charge in [0, 0.05) is 31.8 Å². The Hall–Kier alpha value is -0.120. The molecule has 0 aromatic carbocycles. The zero-order chi connectivity index (χ0) is 14.6. The van der Waals surface area contributed by atoms with Crippen molar-refractivity contribution >= 4 is 0 Å². The number of hydrogen-bond donors (Lipinski definition) is 1. The van der Waals surface area contributed by atoms with Crippen LogP contribution in [-0.2, 0) is 4.74 Å². The lowest BCUT2D eigenvalue weighted by Crippen LogP contribution is -2.55. The van der Waals surface area contributed by atoms with Gasteiger partial charge in [0.05, 0.1) is 6.61 Å². The summed E-state index contributed by atoms with van der Waals surface area (Å²) in [6, 6.07) is 1.36. The summed E-state index contributed by atoms with van der Waals surface area (Å²) >= 11 is 0. The monoisotopic (exact) mass is 270 g/mol. The predicted octanol–water partition coefficient (Wildman–Crippen LogP) is 2.89. The quantitative estimate of drug-likeness (QED) is 0.835. The highest BCUT2D eigenvalue weighted by Crippen LogP contribution is 2.39. The minimum absolute atomic E-state index is 0.317. The van der Waals surface area contributed by atoms with Gasteiger partial charge >= 0.3 is 0 Å². The molecule has 3 unspecified atom stereocenters. The van der Waals surface area contributed by atoms with Crippen molar-refractivity contribution in [1.29, 1.82) is 0 Å². The number of methoxy groups -OCH3 is 1. The largest absolute Gasteiger partial charge is 0.383 e. The van der Waals surface area contributed by atoms with Crippen molar-refractivity contribution in [2.24, 2.45) is 17.1 Å². The topological polar surface area (TPSA) is 38.5 Å². The third-order valence-electron chi connectivity index (χ3n) is 4.74. The van der Waals surface area contributed by atoms with E-state index in [1.165, 1.54) is 12.8 Å². The number of rotatable bonds is 5. The van der Waals surface area contributed by atoms with E-state index in [1.54, 1.807) is 7.11 Å². The maximum absolute atomic E-state index is 6.41. The molecule has 1 saturated carbocycles. The minimum atomic E-state index is 0.317. The van der Waals surface area contributed by atoms with Gasteiger partial charge in [-0.15, -0.1) is 0 Å². The molecule has 0 spiro atoms. The Morgan fingerprint density at radius 1 is 1.26 bits per heavy atom. The van der Waals surface area contributed by atoms with Crippen LogP contribution in [0.4, 0.5) is 0 Å². The van der Waals surface area contributed by atoms with Crippen LogP contribution >= 0.6 is 0 Å². The molecule has 114 valence electrons. The fraction of sp³-hybridized carbons (Fsp3) is 1.00. The Kier molecular flexibility index (Phi) is 6.28. The molecular weight excluding hydrogens is 236 g/mol. The second-order valence-electron chi connectivity index (χ2n) is 7.43. The SMILES string of the molecule is COCCN(C(C)C)C1CC(C(C)(C)C)CCC1N. The van der Waals surface area contributed by atoms with E-state index < -0.39 is 0 Å². The van der Waals surface area contributed by atoms with Crippen LogP contribution in [-0.4, -0.2) is 43.3 Å². The molecule has 0 amide bonds. The fourth-order valence-corrected chi connectivity index (χ4v) is 3.34. The molecule has 0 radical (unpaired) electrons. The van der Waals surface area contributed by atoms with Gasteiger partial charge < -0.3 is 10.5 Å². The normalized spacial score (nSPS) is 29.2. The second-order valence-corrected chi connectivity index (χ2v) is 7.43. The van der Waals surface area contributed by atoms with E-state index in [-0.39, 0.29) is 0 Å². The lowest BCUT2D eigenvalue weighted by Gasteiger charge is -2.46. The van der Waals surface area contributed by atoms with Crippen molar-refractivity contribution in [2.45, 2.75) is 72.0 Å². The highest BCUT2D eigenvalue weighted by atomic mass is 16.5. The van der Waals surface area contributed by atoms with Crippen LogP contribution in [0, 0.1) is 11.3 Å². The summed E-state index contributed by atoms with van der Waals surface area (Å²) in [6.07, 6.45) is 3.66. The van der Waals surface area contributed by atoms with Crippen molar-refractivity contribution in [3.8, 4) is 0 Å². The van der Waals surface area contributed by atoms with E-state index in [0.29, 0.717) is 23.5 Å². The van der Waals surface area contributed by atoms with Gasteiger partial charge in [-0.25, -0.2) is 0 Å². The lowest BCUT2D eigenvalue weighted by molar-refractivity contribution is 0.0334. The molecule has 0 aromatic heterocycles. The zero-order valence-electron chi connectivity index (χ0n) is 13.8. The van der Waals surface area contributed by atoms with Crippen LogP contribution < -0.4 is 5.73 Å². The Morgan fingerprint density at radius 2 is 1.89 bits per heavy atom. The summed E-state index contributed by atoms with van der Waals surface area (Å²) in [4.78, 5) is 2.55. The van der Waals surface area contributed by atoms with Gasteiger partial charge in [0.2, 0.25) is 0 Å². The molecule has 0 heterocycles. The number of ether oxygens (including phenoxy) is 1. The van der Waals surface area contributed by atoms with E-state index in [9.17, 15) is 0 Å². The third kappa shape index (κ3) is 4.73. The molecule has 1 aliphatic rings. The summed E-state index contributed by atoms with van der Waals surface area (Å²) < 4.78 is 5.26. The average Bonchev–Trinajstić information content (AvgIpc) is 2.29. The summed E-state index contributed by atoms with van der Waals surface area (Å²) in [5, 5.41) is 0. The van der Waals surface area contributed by atoms with Gasteiger partial charge in [0.15, 0.2) is 0 Å². The Balaban J connectivity index is 2.75. The fourth-order valence-electron chi connectivity index (χ4n) is 3.34. The van der Waals surface area contributed by atoms with Crippen LogP contribution in [0.3, 0.4) is 0 Å². The maximum Gasteiger partial charge on any atom is 0.0589 e. The molecule has 3 heteroatoms. The molecule has 19 heavy (non-hydrogen) atoms. The first kappa shape index (κ1) is 16.9. The third-order valence-corrected chi connectivity index (χ3v) is 4.74. The first-order valence-corrected chi connectivity index (χ1v) is 7.77. The lowest BCUT2D eigenvalue weighted by atomic mass is 9.69. The predicted molar refractivity (Wildman–Crippen MR) is 82.3 cm³/mol. The van der Waals surface area contributed by atoms with Crippen LogP contribution in [0.2, 0.25) is 0 Å². The first-order chi connectivity index (χ1) is 8.77. The van der Waals surface area contributed by atoms with E-state index >= 15 is 0 Å². The summed E-state index contributed by atoms with van der Waals surface area (Å²) in [7, 11) is 1.78. The molecule has 0 saturated heterocycles. The van der Waals surface area contributed by atoms with E-state index in [0.717, 1.165) is 25.5 Å². The van der Waals surface area contributed by atoms with E-state index in [4.69, 9.17) is 10.5 Å². The Bertz CT molecular complexity index is 260. The van der Waals surface area contributed by atoms with Gasteiger partial charge in [-0.05, 0) is 44.4 Å². The summed E-state index contributed by atoms with van der Waals surface area (Å²) in [6.45, 7) is 13.4. The molecule has 0 bridgehead atoms. The molecule has 3 nitrogen and oxygen atoms in total. The molecule has 3 atom stereocenters.